The van der Waals surface area contributed by atoms with Crippen LogP contribution in [0.15, 0.2) is 0 Å². The number of primary amides is 1. The molecule has 0 aliphatic carbocycles. The van der Waals surface area contributed by atoms with Gasteiger partial charge in [0.2, 0.25) is 5.91 Å². The average Bonchev–Trinajstić information content (AvgIpc) is 2.00. The maximum atomic E-state index is 10.3. The van der Waals surface area contributed by atoms with Gasteiger partial charge in [0.05, 0.1) is 0 Å². The molecule has 0 aliphatic heterocycles. The van der Waals surface area contributed by atoms with Gasteiger partial charge < -0.3 is 16.6 Å². The first-order chi connectivity index (χ1) is 6.02. The fourth-order valence-corrected chi connectivity index (χ4v) is 0.992. The van der Waals surface area contributed by atoms with Crippen LogP contribution in [0.2, 0.25) is 0 Å². The fraction of sp³-hybridized carbons (Fsp3) is 0.750. The second kappa shape index (κ2) is 6.42. The molecule has 0 saturated carbocycles. The summed E-state index contributed by atoms with van der Waals surface area (Å²) in [7, 11) is 0. The van der Waals surface area contributed by atoms with Crippen LogP contribution in [-0.2, 0) is 9.59 Å². The Morgan fingerprint density at radius 3 is 2.31 bits per heavy atom. The Morgan fingerprint density at radius 2 is 1.85 bits per heavy atom. The van der Waals surface area contributed by atoms with E-state index in [0.29, 0.717) is 25.7 Å². The highest BCUT2D eigenvalue weighted by atomic mass is 16.4. The first-order valence-electron chi connectivity index (χ1n) is 4.28. The number of nitrogens with two attached hydrogens (primary N) is 2. The van der Waals surface area contributed by atoms with E-state index in [0.717, 1.165) is 0 Å². The predicted molar refractivity (Wildman–Crippen MR) is 47.9 cm³/mol. The quantitative estimate of drug-likeness (QED) is 0.515. The number of carbonyl (C=O) groups excluding carboxylic acids is 1. The van der Waals surface area contributed by atoms with Gasteiger partial charge in [0.25, 0.3) is 0 Å². The second-order valence-corrected chi connectivity index (χ2v) is 3.05. The monoisotopic (exact) mass is 188 g/mol. The molecule has 0 radical (unpaired) electrons. The molecule has 0 rings (SSSR count). The van der Waals surface area contributed by atoms with E-state index < -0.39 is 5.97 Å². The van der Waals surface area contributed by atoms with E-state index in [2.05, 4.69) is 0 Å². The highest BCUT2D eigenvalue weighted by Crippen LogP contribution is 2.04. The van der Waals surface area contributed by atoms with Gasteiger partial charge in [0.1, 0.15) is 0 Å². The maximum Gasteiger partial charge on any atom is 0.303 e. The highest BCUT2D eigenvalue weighted by Gasteiger charge is 2.06. The van der Waals surface area contributed by atoms with E-state index in [9.17, 15) is 9.59 Å². The molecular formula is C8H16N2O3. The zero-order valence-corrected chi connectivity index (χ0v) is 7.53. The van der Waals surface area contributed by atoms with Gasteiger partial charge in [-0.3, -0.25) is 9.59 Å². The molecule has 0 aromatic carbocycles. The third kappa shape index (κ3) is 8.81. The van der Waals surface area contributed by atoms with E-state index in [-0.39, 0.29) is 18.4 Å². The van der Waals surface area contributed by atoms with Crippen LogP contribution in [-0.4, -0.2) is 23.0 Å². The van der Waals surface area contributed by atoms with Crippen LogP contribution in [0.1, 0.15) is 32.1 Å². The van der Waals surface area contributed by atoms with Crippen LogP contribution in [0.5, 0.6) is 0 Å². The molecule has 0 saturated heterocycles. The van der Waals surface area contributed by atoms with Gasteiger partial charge >= 0.3 is 5.97 Å². The molecule has 0 aromatic rings. The minimum atomic E-state index is -0.842. The highest BCUT2D eigenvalue weighted by molar-refractivity contribution is 5.73. The van der Waals surface area contributed by atoms with Crippen LogP contribution in [0.4, 0.5) is 0 Å². The number of carbonyl (C=O) groups is 2. The molecule has 5 heteroatoms. The van der Waals surface area contributed by atoms with Crippen LogP contribution in [0.25, 0.3) is 0 Å². The lowest BCUT2D eigenvalue weighted by Crippen LogP contribution is -2.22. The molecule has 5 N–H and O–H groups in total. The van der Waals surface area contributed by atoms with E-state index in [1.807, 2.05) is 0 Å². The Balaban J connectivity index is 3.35. The summed E-state index contributed by atoms with van der Waals surface area (Å²) in [5, 5.41) is 8.35. The summed E-state index contributed by atoms with van der Waals surface area (Å²) in [5.74, 6) is -1.18. The Morgan fingerprint density at radius 1 is 1.23 bits per heavy atom. The van der Waals surface area contributed by atoms with Crippen LogP contribution in [0.3, 0.4) is 0 Å². The summed E-state index contributed by atoms with van der Waals surface area (Å²) < 4.78 is 0. The van der Waals surface area contributed by atoms with E-state index >= 15 is 0 Å². The van der Waals surface area contributed by atoms with E-state index in [1.165, 1.54) is 0 Å². The predicted octanol–water partition coefficient (Wildman–Crippen LogP) is -0.166. The summed E-state index contributed by atoms with van der Waals surface area (Å²) in [6, 6.07) is -0.143. The number of hydrogen-bond acceptors (Lipinski definition) is 3. The molecule has 0 aromatic heterocycles. The maximum absolute atomic E-state index is 10.3. The molecule has 0 spiro atoms. The zero-order valence-electron chi connectivity index (χ0n) is 7.53. The molecule has 0 bridgehead atoms. The van der Waals surface area contributed by atoms with Crippen LogP contribution in [0, 0.1) is 0 Å². The number of hydrogen-bond donors (Lipinski definition) is 3. The molecule has 1 atom stereocenters. The van der Waals surface area contributed by atoms with E-state index in [4.69, 9.17) is 16.6 Å². The third-order valence-electron chi connectivity index (χ3n) is 1.73. The van der Waals surface area contributed by atoms with Crippen molar-refractivity contribution < 1.29 is 14.7 Å². The van der Waals surface area contributed by atoms with Crippen LogP contribution >= 0.6 is 0 Å². The molecule has 5 nitrogen and oxygen atoms in total. The average molecular weight is 188 g/mol. The first kappa shape index (κ1) is 11.9. The second-order valence-electron chi connectivity index (χ2n) is 3.05. The number of carboxylic acid groups (broad SMARTS) is 1. The lowest BCUT2D eigenvalue weighted by atomic mass is 10.1. The largest absolute Gasteiger partial charge is 0.481 e. The normalized spacial score (nSPS) is 12.4. The lowest BCUT2D eigenvalue weighted by Gasteiger charge is -2.08. The van der Waals surface area contributed by atoms with Gasteiger partial charge in [-0.2, -0.15) is 0 Å². The summed E-state index contributed by atoms with van der Waals surface area (Å²) in [5.41, 5.74) is 10.5. The molecule has 0 fully saturated rings. The van der Waals surface area contributed by atoms with Crippen molar-refractivity contribution in [3.8, 4) is 0 Å². The summed E-state index contributed by atoms with van der Waals surface area (Å²) >= 11 is 0. The Bertz CT molecular complexity index is 182. The SMILES string of the molecule is NC(=O)CCC[C@H](N)CCC(=O)O. The van der Waals surface area contributed by atoms with Crippen molar-refractivity contribution in [3.63, 3.8) is 0 Å². The van der Waals surface area contributed by atoms with Crippen LogP contribution < -0.4 is 11.5 Å². The smallest absolute Gasteiger partial charge is 0.303 e. The Labute approximate surface area is 77.1 Å². The van der Waals surface area contributed by atoms with Crippen molar-refractivity contribution in [1.82, 2.24) is 0 Å². The molecule has 0 unspecified atom stereocenters. The Kier molecular flexibility index (Phi) is 5.88. The third-order valence-corrected chi connectivity index (χ3v) is 1.73. The van der Waals surface area contributed by atoms with Gasteiger partial charge in [-0.1, -0.05) is 0 Å². The summed E-state index contributed by atoms with van der Waals surface area (Å²) in [6.07, 6.45) is 2.14. The summed E-state index contributed by atoms with van der Waals surface area (Å²) in [4.78, 5) is 20.5. The summed E-state index contributed by atoms with van der Waals surface area (Å²) in [6.45, 7) is 0. The standard InChI is InChI=1S/C8H16N2O3/c9-6(4-5-8(12)13)2-1-3-7(10)11/h6H,1-5,9H2,(H2,10,11)(H,12,13)/t6-/m0/s1. The number of rotatable bonds is 7. The molecule has 0 aliphatic rings. The minimum absolute atomic E-state index is 0.0811. The number of aliphatic carboxylic acids is 1. The van der Waals surface area contributed by atoms with Gasteiger partial charge in [0, 0.05) is 18.9 Å². The molecule has 0 heterocycles. The molecular weight excluding hydrogens is 172 g/mol. The van der Waals surface area contributed by atoms with Gasteiger partial charge in [-0.25, -0.2) is 0 Å². The fourth-order valence-electron chi connectivity index (χ4n) is 0.992. The van der Waals surface area contributed by atoms with Crippen molar-refractivity contribution in [3.05, 3.63) is 0 Å². The topological polar surface area (TPSA) is 106 Å². The van der Waals surface area contributed by atoms with Crippen molar-refractivity contribution in [2.45, 2.75) is 38.1 Å². The van der Waals surface area contributed by atoms with Crippen molar-refractivity contribution >= 4 is 11.9 Å². The number of carboxylic acids is 1. The molecule has 1 amide bonds. The lowest BCUT2D eigenvalue weighted by molar-refractivity contribution is -0.137. The Hall–Kier alpha value is -1.10. The van der Waals surface area contributed by atoms with Gasteiger partial charge in [-0.15, -0.1) is 0 Å². The van der Waals surface area contributed by atoms with Crippen molar-refractivity contribution in [1.29, 1.82) is 0 Å². The zero-order chi connectivity index (χ0) is 10.3. The minimum Gasteiger partial charge on any atom is -0.481 e. The molecule has 76 valence electrons. The first-order valence-corrected chi connectivity index (χ1v) is 4.28. The number of amides is 1. The van der Waals surface area contributed by atoms with Crippen molar-refractivity contribution in [2.24, 2.45) is 11.5 Å². The van der Waals surface area contributed by atoms with Gasteiger partial charge in [0.15, 0.2) is 0 Å². The van der Waals surface area contributed by atoms with E-state index in [1.54, 1.807) is 0 Å². The van der Waals surface area contributed by atoms with Crippen molar-refractivity contribution in [2.75, 3.05) is 0 Å². The van der Waals surface area contributed by atoms with Gasteiger partial charge in [-0.05, 0) is 19.3 Å². The molecule has 13 heavy (non-hydrogen) atoms.